The number of fused-ring (bicyclic) bond motifs is 1. The van der Waals surface area contributed by atoms with Crippen LogP contribution < -0.4 is 21.1 Å². The Hall–Kier alpha value is -3.86. The number of pyridine rings is 1. The first-order chi connectivity index (χ1) is 19.0. The van der Waals surface area contributed by atoms with Crippen molar-refractivity contribution in [2.45, 2.75) is 13.5 Å². The van der Waals surface area contributed by atoms with Crippen LogP contribution in [-0.2, 0) is 6.54 Å². The second kappa shape index (κ2) is 10.7. The fourth-order valence-electron chi connectivity index (χ4n) is 4.83. The number of thiazole rings is 1. The van der Waals surface area contributed by atoms with Crippen molar-refractivity contribution in [3.05, 3.63) is 80.7 Å². The van der Waals surface area contributed by atoms with Gasteiger partial charge in [-0.05, 0) is 37.3 Å². The van der Waals surface area contributed by atoms with Gasteiger partial charge < -0.3 is 15.5 Å². The Kier molecular flexibility index (Phi) is 6.99. The average Bonchev–Trinajstić information content (AvgIpc) is 3.49. The summed E-state index contributed by atoms with van der Waals surface area (Å²) in [7, 11) is 0. The molecule has 5 aromatic rings. The molecule has 6 rings (SSSR count). The first kappa shape index (κ1) is 25.4. The molecule has 1 aliphatic heterocycles. The van der Waals surface area contributed by atoms with Crippen molar-refractivity contribution in [1.82, 2.24) is 24.8 Å². The Morgan fingerprint density at radius 3 is 2.67 bits per heavy atom. The third kappa shape index (κ3) is 4.98. The molecule has 0 aliphatic carbocycles. The molecule has 2 N–H and O–H groups in total. The summed E-state index contributed by atoms with van der Waals surface area (Å²) in [4.78, 5) is 28.9. The third-order valence-corrected chi connectivity index (χ3v) is 7.69. The standard InChI is InChI=1S/C28H25ClFN7OS/c1-2-37-26-18(11-21(27(37)38)20-5-3-17(12-22(20)29)24-15-39-16-33-24)14-32-28(35-26)34-19-4-6-25(23(30)13-19)36-9-7-31-8-10-36/h3-6,11-16,31H,2,7-10H2,1H3,(H,32,34,35). The lowest BCUT2D eigenvalue weighted by Crippen LogP contribution is -2.43. The van der Waals surface area contributed by atoms with Crippen molar-refractivity contribution in [3.8, 4) is 22.4 Å². The topological polar surface area (TPSA) is 88.0 Å². The number of hydrogen-bond acceptors (Lipinski definition) is 8. The van der Waals surface area contributed by atoms with Gasteiger partial charge in [0.1, 0.15) is 11.5 Å². The maximum absolute atomic E-state index is 14.9. The maximum Gasteiger partial charge on any atom is 0.260 e. The van der Waals surface area contributed by atoms with Crippen LogP contribution in [0.2, 0.25) is 5.02 Å². The first-order valence-electron chi connectivity index (χ1n) is 12.6. The molecule has 8 nitrogen and oxygen atoms in total. The summed E-state index contributed by atoms with van der Waals surface area (Å²) < 4.78 is 16.5. The number of aromatic nitrogens is 4. The lowest BCUT2D eigenvalue weighted by molar-refractivity contribution is 0.566. The first-order valence-corrected chi connectivity index (χ1v) is 13.9. The van der Waals surface area contributed by atoms with Gasteiger partial charge >= 0.3 is 0 Å². The van der Waals surface area contributed by atoms with Gasteiger partial charge in [-0.15, -0.1) is 11.3 Å². The second-order valence-electron chi connectivity index (χ2n) is 9.18. The molecule has 0 bridgehead atoms. The number of aryl methyl sites for hydroxylation is 1. The van der Waals surface area contributed by atoms with Crippen LogP contribution in [0.1, 0.15) is 6.92 Å². The molecule has 1 fully saturated rings. The smallest absolute Gasteiger partial charge is 0.260 e. The zero-order valence-corrected chi connectivity index (χ0v) is 22.7. The van der Waals surface area contributed by atoms with E-state index in [1.54, 1.807) is 34.5 Å². The molecule has 0 unspecified atom stereocenters. The fraction of sp³-hybridized carbons (Fsp3) is 0.214. The molecule has 1 aliphatic rings. The summed E-state index contributed by atoms with van der Waals surface area (Å²) in [5.74, 6) is -0.0349. The number of piperazine rings is 1. The van der Waals surface area contributed by atoms with Crippen molar-refractivity contribution in [3.63, 3.8) is 0 Å². The Bertz CT molecular complexity index is 1720. The Balaban J connectivity index is 1.32. The van der Waals surface area contributed by atoms with Crippen LogP contribution >= 0.6 is 22.9 Å². The third-order valence-electron chi connectivity index (χ3n) is 6.79. The van der Waals surface area contributed by atoms with E-state index in [1.165, 1.54) is 17.4 Å². The molecular weight excluding hydrogens is 537 g/mol. The summed E-state index contributed by atoms with van der Waals surface area (Å²) in [5.41, 5.74) is 5.97. The summed E-state index contributed by atoms with van der Waals surface area (Å²) >= 11 is 8.15. The minimum atomic E-state index is -0.310. The quantitative estimate of drug-likeness (QED) is 0.281. The van der Waals surface area contributed by atoms with Crippen LogP contribution in [-0.4, -0.2) is 45.7 Å². The van der Waals surface area contributed by atoms with Gasteiger partial charge in [0.15, 0.2) is 0 Å². The van der Waals surface area contributed by atoms with Crippen molar-refractivity contribution in [2.75, 3.05) is 36.4 Å². The summed E-state index contributed by atoms with van der Waals surface area (Å²) in [6.45, 7) is 5.47. The molecule has 0 amide bonds. The summed E-state index contributed by atoms with van der Waals surface area (Å²) in [6, 6.07) is 12.4. The summed E-state index contributed by atoms with van der Waals surface area (Å²) in [5, 5.41) is 9.45. The van der Waals surface area contributed by atoms with Crippen LogP contribution in [0.5, 0.6) is 0 Å². The van der Waals surface area contributed by atoms with E-state index in [9.17, 15) is 9.18 Å². The molecule has 1 saturated heterocycles. The fourth-order valence-corrected chi connectivity index (χ4v) is 5.67. The van der Waals surface area contributed by atoms with Crippen LogP contribution in [0.3, 0.4) is 0 Å². The Morgan fingerprint density at radius 1 is 1.10 bits per heavy atom. The number of benzene rings is 2. The maximum atomic E-state index is 14.9. The molecule has 3 aromatic heterocycles. The molecular formula is C28H25ClFN7OS. The number of nitrogens with one attached hydrogen (secondary N) is 2. The largest absolute Gasteiger partial charge is 0.367 e. The summed E-state index contributed by atoms with van der Waals surface area (Å²) in [6.07, 6.45) is 1.66. The van der Waals surface area contributed by atoms with Crippen molar-refractivity contribution >= 4 is 51.3 Å². The van der Waals surface area contributed by atoms with E-state index in [-0.39, 0.29) is 17.3 Å². The van der Waals surface area contributed by atoms with Gasteiger partial charge in [0, 0.05) is 77.1 Å². The minimum Gasteiger partial charge on any atom is -0.367 e. The van der Waals surface area contributed by atoms with E-state index in [1.807, 2.05) is 35.4 Å². The van der Waals surface area contributed by atoms with Gasteiger partial charge in [-0.2, -0.15) is 4.98 Å². The molecule has 11 heteroatoms. The van der Waals surface area contributed by atoms with E-state index in [2.05, 4.69) is 25.6 Å². The van der Waals surface area contributed by atoms with Crippen molar-refractivity contribution in [1.29, 1.82) is 0 Å². The number of hydrogen-bond donors (Lipinski definition) is 2. The van der Waals surface area contributed by atoms with Crippen molar-refractivity contribution in [2.24, 2.45) is 0 Å². The predicted molar refractivity (Wildman–Crippen MR) is 156 cm³/mol. The number of anilines is 3. The van der Waals surface area contributed by atoms with Crippen LogP contribution in [0.25, 0.3) is 33.4 Å². The highest BCUT2D eigenvalue weighted by molar-refractivity contribution is 7.07. The van der Waals surface area contributed by atoms with E-state index in [0.29, 0.717) is 45.1 Å². The van der Waals surface area contributed by atoms with E-state index in [0.717, 1.165) is 37.4 Å². The number of nitrogens with zero attached hydrogens (tertiary/aromatic N) is 5. The highest BCUT2D eigenvalue weighted by Gasteiger charge is 2.17. The van der Waals surface area contributed by atoms with Gasteiger partial charge in [0.05, 0.1) is 16.9 Å². The van der Waals surface area contributed by atoms with Gasteiger partial charge in [-0.25, -0.2) is 14.4 Å². The van der Waals surface area contributed by atoms with E-state index in [4.69, 9.17) is 11.6 Å². The molecule has 4 heterocycles. The molecule has 0 radical (unpaired) electrons. The monoisotopic (exact) mass is 561 g/mol. The predicted octanol–water partition coefficient (Wildman–Crippen LogP) is 5.55. The Labute approximate surface area is 233 Å². The van der Waals surface area contributed by atoms with Crippen molar-refractivity contribution < 1.29 is 4.39 Å². The number of halogens is 2. The lowest BCUT2D eigenvalue weighted by atomic mass is 10.0. The lowest BCUT2D eigenvalue weighted by Gasteiger charge is -2.29. The number of rotatable bonds is 6. The van der Waals surface area contributed by atoms with Crippen LogP contribution in [0.15, 0.2) is 64.3 Å². The van der Waals surface area contributed by atoms with Gasteiger partial charge in [-0.1, -0.05) is 23.7 Å². The molecule has 198 valence electrons. The van der Waals surface area contributed by atoms with Gasteiger partial charge in [0.2, 0.25) is 5.95 Å². The zero-order valence-electron chi connectivity index (χ0n) is 21.1. The second-order valence-corrected chi connectivity index (χ2v) is 10.3. The molecule has 39 heavy (non-hydrogen) atoms. The minimum absolute atomic E-state index is 0.204. The molecule has 0 atom stereocenters. The van der Waals surface area contributed by atoms with Crippen LogP contribution in [0, 0.1) is 5.82 Å². The average molecular weight is 562 g/mol. The van der Waals surface area contributed by atoms with E-state index < -0.39 is 0 Å². The van der Waals surface area contributed by atoms with E-state index >= 15 is 0 Å². The van der Waals surface area contributed by atoms with Crippen LogP contribution in [0.4, 0.5) is 21.7 Å². The molecule has 2 aromatic carbocycles. The Morgan fingerprint density at radius 2 is 1.95 bits per heavy atom. The van der Waals surface area contributed by atoms with Gasteiger partial charge in [-0.3, -0.25) is 9.36 Å². The molecule has 0 spiro atoms. The van der Waals surface area contributed by atoms with Gasteiger partial charge in [0.25, 0.3) is 5.56 Å². The molecule has 0 saturated carbocycles. The highest BCUT2D eigenvalue weighted by atomic mass is 35.5. The highest BCUT2D eigenvalue weighted by Crippen LogP contribution is 2.32. The SMILES string of the molecule is CCn1c(=O)c(-c2ccc(-c3cscn3)cc2Cl)cc2cnc(Nc3ccc(N4CCNCC4)c(F)c3)nc21. The zero-order chi connectivity index (χ0) is 26.9. The normalized spacial score (nSPS) is 13.7.